The third-order valence-corrected chi connectivity index (χ3v) is 3.53. The van der Waals surface area contributed by atoms with Gasteiger partial charge >= 0.3 is 5.97 Å². The van der Waals surface area contributed by atoms with Gasteiger partial charge in [0.15, 0.2) is 11.6 Å². The van der Waals surface area contributed by atoms with Crippen LogP contribution in [0.4, 0.5) is 8.78 Å². The summed E-state index contributed by atoms with van der Waals surface area (Å²) in [6.45, 7) is 0.0198. The van der Waals surface area contributed by atoms with E-state index in [1.54, 1.807) is 0 Å². The van der Waals surface area contributed by atoms with Crippen LogP contribution in [0.5, 0.6) is 0 Å². The molecule has 0 unspecified atom stereocenters. The van der Waals surface area contributed by atoms with Crippen LogP contribution in [0.2, 0.25) is 0 Å². The normalized spacial score (nSPS) is 23.3. The Morgan fingerprint density at radius 3 is 2.58 bits per heavy atom. The molecule has 1 aliphatic carbocycles. The summed E-state index contributed by atoms with van der Waals surface area (Å²) in [4.78, 5) is 10.8. The van der Waals surface area contributed by atoms with E-state index < -0.39 is 17.6 Å². The van der Waals surface area contributed by atoms with Gasteiger partial charge < -0.3 is 9.84 Å². The number of carboxylic acid groups (broad SMARTS) is 1. The first-order valence-corrected chi connectivity index (χ1v) is 6.35. The van der Waals surface area contributed by atoms with Gasteiger partial charge in [-0.2, -0.15) is 0 Å². The Bertz CT molecular complexity index is 454. The quantitative estimate of drug-likeness (QED) is 0.914. The Morgan fingerprint density at radius 2 is 1.95 bits per heavy atom. The molecule has 19 heavy (non-hydrogen) atoms. The molecule has 0 atom stereocenters. The van der Waals surface area contributed by atoms with Crippen molar-refractivity contribution in [2.45, 2.75) is 38.4 Å². The van der Waals surface area contributed by atoms with Crippen molar-refractivity contribution in [3.63, 3.8) is 0 Å². The van der Waals surface area contributed by atoms with Crippen molar-refractivity contribution in [1.29, 1.82) is 0 Å². The van der Waals surface area contributed by atoms with Crippen LogP contribution in [0.1, 0.15) is 31.2 Å². The molecule has 2 rings (SSSR count). The number of ether oxygens (including phenoxy) is 1. The largest absolute Gasteiger partial charge is 0.481 e. The van der Waals surface area contributed by atoms with Crippen molar-refractivity contribution in [1.82, 2.24) is 0 Å². The van der Waals surface area contributed by atoms with Gasteiger partial charge in [-0.1, -0.05) is 12.1 Å². The van der Waals surface area contributed by atoms with Crippen molar-refractivity contribution in [2.75, 3.05) is 0 Å². The Morgan fingerprint density at radius 1 is 1.26 bits per heavy atom. The number of aliphatic carboxylic acids is 1. The maximum atomic E-state index is 13.4. The molecule has 5 heteroatoms. The van der Waals surface area contributed by atoms with Gasteiger partial charge in [-0.25, -0.2) is 8.78 Å². The maximum Gasteiger partial charge on any atom is 0.306 e. The lowest BCUT2D eigenvalue weighted by molar-refractivity contribution is -0.143. The van der Waals surface area contributed by atoms with E-state index in [2.05, 4.69) is 0 Å². The van der Waals surface area contributed by atoms with Crippen LogP contribution in [-0.2, 0) is 16.1 Å². The van der Waals surface area contributed by atoms with Crippen LogP contribution in [0.3, 0.4) is 0 Å². The SMILES string of the molecule is O=C(O)C1CCC(OCc2cccc(F)c2F)CC1. The molecule has 0 aliphatic heterocycles. The highest BCUT2D eigenvalue weighted by Crippen LogP contribution is 2.27. The summed E-state index contributed by atoms with van der Waals surface area (Å²) in [6.07, 6.45) is 2.37. The smallest absolute Gasteiger partial charge is 0.306 e. The molecule has 0 saturated heterocycles. The van der Waals surface area contributed by atoms with Gasteiger partial charge in [-0.05, 0) is 31.7 Å². The minimum absolute atomic E-state index is 0.0198. The molecule has 104 valence electrons. The minimum Gasteiger partial charge on any atom is -0.481 e. The predicted molar refractivity (Wildman–Crippen MR) is 64.5 cm³/mol. The fraction of sp³-hybridized carbons (Fsp3) is 0.500. The van der Waals surface area contributed by atoms with E-state index in [9.17, 15) is 13.6 Å². The van der Waals surface area contributed by atoms with Crippen LogP contribution in [0.25, 0.3) is 0 Å². The van der Waals surface area contributed by atoms with Crippen LogP contribution in [-0.4, -0.2) is 17.2 Å². The number of halogens is 2. The van der Waals surface area contributed by atoms with Gasteiger partial charge in [-0.15, -0.1) is 0 Å². The monoisotopic (exact) mass is 270 g/mol. The molecular formula is C14H16F2O3. The number of hydrogen-bond acceptors (Lipinski definition) is 2. The molecule has 0 amide bonds. The average Bonchev–Trinajstić information content (AvgIpc) is 2.41. The second-order valence-corrected chi connectivity index (χ2v) is 4.84. The standard InChI is InChI=1S/C14H16F2O3/c15-12-3-1-2-10(13(12)16)8-19-11-6-4-9(5-7-11)14(17)18/h1-3,9,11H,4-8H2,(H,17,18). The molecule has 3 nitrogen and oxygen atoms in total. The summed E-state index contributed by atoms with van der Waals surface area (Å²) in [6, 6.07) is 4.00. The molecule has 1 N–H and O–H groups in total. The molecule has 0 radical (unpaired) electrons. The van der Waals surface area contributed by atoms with Crippen molar-refractivity contribution < 1.29 is 23.4 Å². The van der Waals surface area contributed by atoms with E-state index in [1.165, 1.54) is 12.1 Å². The van der Waals surface area contributed by atoms with Crippen molar-refractivity contribution in [2.24, 2.45) is 5.92 Å². The fourth-order valence-corrected chi connectivity index (χ4v) is 2.34. The second-order valence-electron chi connectivity index (χ2n) is 4.84. The van der Waals surface area contributed by atoms with E-state index in [1.807, 2.05) is 0 Å². The number of carboxylic acids is 1. The third kappa shape index (κ3) is 3.50. The van der Waals surface area contributed by atoms with E-state index in [0.717, 1.165) is 6.07 Å². The first-order chi connectivity index (χ1) is 9.08. The zero-order valence-electron chi connectivity index (χ0n) is 10.4. The van der Waals surface area contributed by atoms with Crippen LogP contribution >= 0.6 is 0 Å². The highest BCUT2D eigenvalue weighted by Gasteiger charge is 2.26. The zero-order chi connectivity index (χ0) is 13.8. The highest BCUT2D eigenvalue weighted by molar-refractivity contribution is 5.70. The molecule has 0 spiro atoms. The number of carbonyl (C=O) groups is 1. The number of rotatable bonds is 4. The summed E-state index contributed by atoms with van der Waals surface area (Å²) in [5.41, 5.74) is 0.195. The molecule has 0 heterocycles. The zero-order valence-corrected chi connectivity index (χ0v) is 10.4. The summed E-state index contributed by atoms with van der Waals surface area (Å²) >= 11 is 0. The van der Waals surface area contributed by atoms with E-state index >= 15 is 0 Å². The first-order valence-electron chi connectivity index (χ1n) is 6.35. The van der Waals surface area contributed by atoms with E-state index in [4.69, 9.17) is 9.84 Å². The Labute approximate surface area is 110 Å². The summed E-state index contributed by atoms with van der Waals surface area (Å²) in [7, 11) is 0. The Kier molecular flexibility index (Phi) is 4.47. The summed E-state index contributed by atoms with van der Waals surface area (Å²) in [5.74, 6) is -2.82. The van der Waals surface area contributed by atoms with Crippen molar-refractivity contribution in [3.8, 4) is 0 Å². The van der Waals surface area contributed by atoms with E-state index in [-0.39, 0.29) is 24.2 Å². The molecule has 0 aromatic heterocycles. The predicted octanol–water partition coefficient (Wildman–Crippen LogP) is 3.12. The molecule has 1 aromatic rings. The van der Waals surface area contributed by atoms with E-state index in [0.29, 0.717) is 25.7 Å². The van der Waals surface area contributed by atoms with Crippen LogP contribution in [0, 0.1) is 17.6 Å². The van der Waals surface area contributed by atoms with Crippen molar-refractivity contribution >= 4 is 5.97 Å². The van der Waals surface area contributed by atoms with Crippen molar-refractivity contribution in [3.05, 3.63) is 35.4 Å². The lowest BCUT2D eigenvalue weighted by Crippen LogP contribution is -2.26. The molecular weight excluding hydrogens is 254 g/mol. The second kappa shape index (κ2) is 6.10. The van der Waals surface area contributed by atoms with Crippen LogP contribution < -0.4 is 0 Å². The van der Waals surface area contributed by atoms with Gasteiger partial charge in [0.05, 0.1) is 18.6 Å². The summed E-state index contributed by atoms with van der Waals surface area (Å²) in [5, 5.41) is 8.87. The van der Waals surface area contributed by atoms with Gasteiger partial charge in [0.25, 0.3) is 0 Å². The highest BCUT2D eigenvalue weighted by atomic mass is 19.2. The van der Waals surface area contributed by atoms with Gasteiger partial charge in [0.2, 0.25) is 0 Å². The Hall–Kier alpha value is -1.49. The number of benzene rings is 1. The molecule has 1 aliphatic rings. The van der Waals surface area contributed by atoms with Gasteiger partial charge in [0, 0.05) is 5.56 Å². The topological polar surface area (TPSA) is 46.5 Å². The van der Waals surface area contributed by atoms with Gasteiger partial charge in [-0.3, -0.25) is 4.79 Å². The molecule has 1 saturated carbocycles. The molecule has 1 aromatic carbocycles. The third-order valence-electron chi connectivity index (χ3n) is 3.53. The summed E-state index contributed by atoms with van der Waals surface area (Å²) < 4.78 is 31.9. The first kappa shape index (κ1) is 13.9. The lowest BCUT2D eigenvalue weighted by Gasteiger charge is -2.26. The fourth-order valence-electron chi connectivity index (χ4n) is 2.34. The van der Waals surface area contributed by atoms with Crippen LogP contribution in [0.15, 0.2) is 18.2 Å². The Balaban J connectivity index is 1.84. The maximum absolute atomic E-state index is 13.4. The average molecular weight is 270 g/mol. The van der Waals surface area contributed by atoms with Gasteiger partial charge in [0.1, 0.15) is 0 Å². The molecule has 0 bridgehead atoms. The molecule has 1 fully saturated rings. The lowest BCUT2D eigenvalue weighted by atomic mass is 9.87. The minimum atomic E-state index is -0.879. The number of hydrogen-bond donors (Lipinski definition) is 1.